The first-order valence-electron chi connectivity index (χ1n) is 9.25. The molecule has 0 radical (unpaired) electrons. The molecule has 0 unspecified atom stereocenters. The molecule has 7 heteroatoms. The van der Waals surface area contributed by atoms with Crippen LogP contribution in [0.5, 0.6) is 0 Å². The number of anilines is 1. The zero-order valence-electron chi connectivity index (χ0n) is 16.9. The lowest BCUT2D eigenvalue weighted by molar-refractivity contribution is 0.0960. The summed E-state index contributed by atoms with van der Waals surface area (Å²) in [5, 5.41) is 1.63. The van der Waals surface area contributed by atoms with E-state index in [9.17, 15) is 4.79 Å². The van der Waals surface area contributed by atoms with Gasteiger partial charge in [0.25, 0.3) is 5.91 Å². The van der Waals surface area contributed by atoms with Crippen LogP contribution in [0.4, 0.5) is 5.13 Å². The van der Waals surface area contributed by atoms with Crippen molar-refractivity contribution >= 4 is 56.0 Å². The summed E-state index contributed by atoms with van der Waals surface area (Å²) in [6, 6.07) is 13.7. The number of benzene rings is 2. The van der Waals surface area contributed by atoms with Gasteiger partial charge in [0.05, 0.1) is 10.2 Å². The van der Waals surface area contributed by atoms with Gasteiger partial charge in [0.2, 0.25) is 0 Å². The molecular weight excluding hydrogens is 406 g/mol. The minimum Gasteiger partial charge on any atom is -0.451 e. The highest BCUT2D eigenvalue weighted by Gasteiger charge is 2.24. The Balaban J connectivity index is 0.00000240. The molecule has 2 heterocycles. The predicted octanol–water partition coefficient (Wildman–Crippen LogP) is 5.29. The van der Waals surface area contributed by atoms with Crippen molar-refractivity contribution < 1.29 is 9.21 Å². The van der Waals surface area contributed by atoms with E-state index in [2.05, 4.69) is 30.9 Å². The Morgan fingerprint density at radius 2 is 1.86 bits per heavy atom. The van der Waals surface area contributed by atoms with Gasteiger partial charge in [-0.15, -0.1) is 12.4 Å². The van der Waals surface area contributed by atoms with Gasteiger partial charge in [-0.2, -0.15) is 0 Å². The molecule has 4 aromatic rings. The molecule has 4 rings (SSSR count). The fourth-order valence-corrected chi connectivity index (χ4v) is 4.44. The van der Waals surface area contributed by atoms with Gasteiger partial charge >= 0.3 is 0 Å². The van der Waals surface area contributed by atoms with Gasteiger partial charge in [0, 0.05) is 18.5 Å². The molecule has 0 saturated heterocycles. The molecule has 0 spiro atoms. The van der Waals surface area contributed by atoms with E-state index in [0.717, 1.165) is 27.7 Å². The van der Waals surface area contributed by atoms with Crippen molar-refractivity contribution in [1.82, 2.24) is 9.88 Å². The molecule has 2 aromatic carbocycles. The van der Waals surface area contributed by atoms with E-state index in [0.29, 0.717) is 23.0 Å². The third-order valence-electron chi connectivity index (χ3n) is 4.70. The summed E-state index contributed by atoms with van der Waals surface area (Å²) in [6.45, 7) is 5.42. The number of hydrogen-bond acceptors (Lipinski definition) is 5. The number of nitrogens with zero attached hydrogens (tertiary/aromatic N) is 3. The molecule has 0 atom stereocenters. The topological polar surface area (TPSA) is 49.6 Å². The number of thiazole rings is 1. The van der Waals surface area contributed by atoms with E-state index in [4.69, 9.17) is 9.40 Å². The SMILES string of the molecule is Cc1cc(C)c2nc(N(CCN(C)C)C(=O)c3cc4ccccc4o3)sc2c1.Cl. The van der Waals surface area contributed by atoms with Gasteiger partial charge in [-0.1, -0.05) is 35.6 Å². The number of carbonyl (C=O) groups excluding carboxylic acids is 1. The van der Waals surface area contributed by atoms with Gasteiger partial charge in [-0.25, -0.2) is 4.98 Å². The van der Waals surface area contributed by atoms with Crippen LogP contribution in [0.2, 0.25) is 0 Å². The number of para-hydroxylation sites is 1. The second-order valence-electron chi connectivity index (χ2n) is 7.33. The molecule has 5 nitrogen and oxygen atoms in total. The second-order valence-corrected chi connectivity index (χ2v) is 8.34. The molecule has 1 amide bonds. The minimum atomic E-state index is -0.161. The first-order valence-corrected chi connectivity index (χ1v) is 10.1. The summed E-state index contributed by atoms with van der Waals surface area (Å²) < 4.78 is 6.93. The smallest absolute Gasteiger partial charge is 0.295 e. The van der Waals surface area contributed by atoms with E-state index in [1.807, 2.05) is 44.4 Å². The zero-order chi connectivity index (χ0) is 19.8. The number of aromatic nitrogens is 1. The maximum atomic E-state index is 13.3. The maximum Gasteiger partial charge on any atom is 0.295 e. The van der Waals surface area contributed by atoms with Gasteiger partial charge < -0.3 is 9.32 Å². The highest BCUT2D eigenvalue weighted by Crippen LogP contribution is 2.33. The molecule has 0 bridgehead atoms. The van der Waals surface area contributed by atoms with Crippen molar-refractivity contribution in [2.45, 2.75) is 13.8 Å². The molecule has 0 fully saturated rings. The monoisotopic (exact) mass is 429 g/mol. The number of aryl methyl sites for hydroxylation is 2. The molecular formula is C22H24ClN3O2S. The summed E-state index contributed by atoms with van der Waals surface area (Å²) in [5.74, 6) is 0.179. The Morgan fingerprint density at radius 1 is 1.10 bits per heavy atom. The van der Waals surface area contributed by atoms with E-state index in [-0.39, 0.29) is 18.3 Å². The standard InChI is InChI=1S/C22H23N3O2S.ClH/c1-14-11-15(2)20-19(12-14)28-22(23-20)25(10-9-24(3)4)21(26)18-13-16-7-5-6-8-17(16)27-18;/h5-8,11-13H,9-10H2,1-4H3;1H. The van der Waals surface area contributed by atoms with Crippen molar-refractivity contribution in [1.29, 1.82) is 0 Å². The Labute approximate surface area is 180 Å². The lowest BCUT2D eigenvalue weighted by Gasteiger charge is -2.20. The molecule has 0 aliphatic heterocycles. The summed E-state index contributed by atoms with van der Waals surface area (Å²) in [6.07, 6.45) is 0. The Hall–Kier alpha value is -2.41. The molecule has 0 aliphatic rings. The van der Waals surface area contributed by atoms with Gasteiger partial charge in [-0.3, -0.25) is 9.69 Å². The summed E-state index contributed by atoms with van der Waals surface area (Å²) in [7, 11) is 3.99. The van der Waals surface area contributed by atoms with Gasteiger partial charge in [0.1, 0.15) is 5.58 Å². The van der Waals surface area contributed by atoms with Crippen LogP contribution in [0.25, 0.3) is 21.2 Å². The average Bonchev–Trinajstić information content (AvgIpc) is 3.25. The number of furan rings is 1. The van der Waals surface area contributed by atoms with Crippen molar-refractivity contribution in [2.24, 2.45) is 0 Å². The Morgan fingerprint density at radius 3 is 2.59 bits per heavy atom. The van der Waals surface area contributed by atoms with E-state index in [1.165, 1.54) is 5.56 Å². The van der Waals surface area contributed by atoms with Crippen LogP contribution >= 0.6 is 23.7 Å². The third kappa shape index (κ3) is 4.29. The van der Waals surface area contributed by atoms with Crippen LogP contribution < -0.4 is 4.90 Å². The molecule has 2 aromatic heterocycles. The van der Waals surface area contributed by atoms with Crippen LogP contribution in [0.1, 0.15) is 21.7 Å². The number of halogens is 1. The fourth-order valence-electron chi connectivity index (χ4n) is 3.28. The van der Waals surface area contributed by atoms with E-state index < -0.39 is 0 Å². The van der Waals surface area contributed by atoms with Crippen LogP contribution in [0.3, 0.4) is 0 Å². The molecule has 0 N–H and O–H groups in total. The number of rotatable bonds is 5. The van der Waals surface area contributed by atoms with E-state index in [1.54, 1.807) is 16.2 Å². The maximum absolute atomic E-state index is 13.3. The zero-order valence-corrected chi connectivity index (χ0v) is 18.6. The van der Waals surface area contributed by atoms with Crippen molar-refractivity contribution in [3.05, 3.63) is 59.4 Å². The molecule has 152 valence electrons. The van der Waals surface area contributed by atoms with Crippen molar-refractivity contribution in [2.75, 3.05) is 32.1 Å². The number of carbonyl (C=O) groups is 1. The number of likely N-dealkylation sites (N-methyl/N-ethyl adjacent to an activating group) is 1. The quantitative estimate of drug-likeness (QED) is 0.432. The predicted molar refractivity (Wildman–Crippen MR) is 123 cm³/mol. The first kappa shape index (κ1) is 21.3. The Kier molecular flexibility index (Phi) is 6.27. The normalized spacial score (nSPS) is 11.2. The van der Waals surface area contributed by atoms with Crippen LogP contribution in [-0.4, -0.2) is 43.0 Å². The first-order chi connectivity index (χ1) is 13.4. The highest BCUT2D eigenvalue weighted by atomic mass is 35.5. The number of fused-ring (bicyclic) bond motifs is 2. The second kappa shape index (κ2) is 8.53. The van der Waals surface area contributed by atoms with Gasteiger partial charge in [-0.05, 0) is 57.3 Å². The average molecular weight is 430 g/mol. The van der Waals surface area contributed by atoms with Crippen molar-refractivity contribution in [3.8, 4) is 0 Å². The van der Waals surface area contributed by atoms with Crippen LogP contribution in [0.15, 0.2) is 46.9 Å². The highest BCUT2D eigenvalue weighted by molar-refractivity contribution is 7.22. The third-order valence-corrected chi connectivity index (χ3v) is 5.73. The summed E-state index contributed by atoms with van der Waals surface area (Å²) in [5.41, 5.74) is 4.00. The van der Waals surface area contributed by atoms with Crippen molar-refractivity contribution in [3.63, 3.8) is 0 Å². The van der Waals surface area contributed by atoms with Gasteiger partial charge in [0.15, 0.2) is 10.9 Å². The van der Waals surface area contributed by atoms with Crippen LogP contribution in [0, 0.1) is 13.8 Å². The minimum absolute atomic E-state index is 0. The molecule has 0 saturated carbocycles. The number of amides is 1. The lowest BCUT2D eigenvalue weighted by Crippen LogP contribution is -2.36. The molecule has 0 aliphatic carbocycles. The molecule has 29 heavy (non-hydrogen) atoms. The summed E-state index contributed by atoms with van der Waals surface area (Å²) >= 11 is 1.55. The van der Waals surface area contributed by atoms with E-state index >= 15 is 0 Å². The summed E-state index contributed by atoms with van der Waals surface area (Å²) in [4.78, 5) is 21.9. The fraction of sp³-hybridized carbons (Fsp3) is 0.273. The van der Waals surface area contributed by atoms with Crippen LogP contribution in [-0.2, 0) is 0 Å². The lowest BCUT2D eigenvalue weighted by atomic mass is 10.1. The largest absolute Gasteiger partial charge is 0.451 e. The Bertz CT molecular complexity index is 1130. The number of hydrogen-bond donors (Lipinski definition) is 0.